The lowest BCUT2D eigenvalue weighted by atomic mass is 9.92. The minimum Gasteiger partial charge on any atom is -0.508 e. The van der Waals surface area contributed by atoms with E-state index in [2.05, 4.69) is 6.92 Å². The van der Waals surface area contributed by atoms with Gasteiger partial charge in [0.25, 0.3) is 0 Å². The molecule has 2 atom stereocenters. The number of rotatable bonds is 2. The largest absolute Gasteiger partial charge is 0.508 e. The molecule has 20 heavy (non-hydrogen) atoms. The molecule has 0 unspecified atom stereocenters. The Labute approximate surface area is 117 Å². The molecule has 0 amide bonds. The van der Waals surface area contributed by atoms with E-state index in [0.29, 0.717) is 5.75 Å². The van der Waals surface area contributed by atoms with Gasteiger partial charge in [-0.05, 0) is 35.9 Å². The number of phenols is 2. The second-order valence-corrected chi connectivity index (χ2v) is 4.98. The van der Waals surface area contributed by atoms with Crippen LogP contribution in [-0.2, 0) is 0 Å². The number of hydrogen-bond donors (Lipinski definition) is 2. The molecule has 104 valence electrons. The zero-order chi connectivity index (χ0) is 14.3. The van der Waals surface area contributed by atoms with Crippen molar-refractivity contribution in [3.8, 4) is 23.0 Å². The fourth-order valence-electron chi connectivity index (χ4n) is 2.63. The molecule has 0 aliphatic carbocycles. The van der Waals surface area contributed by atoms with Gasteiger partial charge < -0.3 is 19.7 Å². The Morgan fingerprint density at radius 3 is 2.65 bits per heavy atom. The quantitative estimate of drug-likeness (QED) is 0.880. The number of benzene rings is 2. The van der Waals surface area contributed by atoms with E-state index in [-0.39, 0.29) is 23.5 Å². The minimum absolute atomic E-state index is 0.108. The topological polar surface area (TPSA) is 58.9 Å². The lowest BCUT2D eigenvalue weighted by Crippen LogP contribution is -2.07. The van der Waals surface area contributed by atoms with Gasteiger partial charge in [0.05, 0.1) is 7.11 Å². The number of phenolic OH excluding ortho intramolecular Hbond substituents is 2. The van der Waals surface area contributed by atoms with E-state index in [0.717, 1.165) is 16.9 Å². The zero-order valence-electron chi connectivity index (χ0n) is 11.3. The predicted molar refractivity (Wildman–Crippen MR) is 74.5 cm³/mol. The van der Waals surface area contributed by atoms with Crippen LogP contribution in [0.1, 0.15) is 30.1 Å². The van der Waals surface area contributed by atoms with Gasteiger partial charge in [-0.15, -0.1) is 0 Å². The van der Waals surface area contributed by atoms with Crippen molar-refractivity contribution in [3.63, 3.8) is 0 Å². The first-order valence-corrected chi connectivity index (χ1v) is 6.46. The monoisotopic (exact) mass is 272 g/mol. The Kier molecular flexibility index (Phi) is 2.93. The third-order valence-corrected chi connectivity index (χ3v) is 3.72. The van der Waals surface area contributed by atoms with Gasteiger partial charge in [-0.25, -0.2) is 0 Å². The highest BCUT2D eigenvalue weighted by molar-refractivity contribution is 5.49. The van der Waals surface area contributed by atoms with Crippen LogP contribution in [0.25, 0.3) is 0 Å². The fraction of sp³-hybridized carbons (Fsp3) is 0.250. The van der Waals surface area contributed by atoms with E-state index in [1.165, 1.54) is 7.11 Å². The van der Waals surface area contributed by atoms with Gasteiger partial charge in [0.15, 0.2) is 11.5 Å². The van der Waals surface area contributed by atoms with Crippen molar-refractivity contribution in [1.82, 2.24) is 0 Å². The molecule has 0 saturated heterocycles. The molecule has 0 fully saturated rings. The molecule has 2 aromatic carbocycles. The standard InChI is InChI=1S/C16H16O4/c1-9-12-8-11(17)4-6-14(12)20-16(9)10-3-5-13(18)15(7-10)19-2/h3-9,16-18H,1-2H3/t9-,16-/m0/s1. The molecular weight excluding hydrogens is 256 g/mol. The Hall–Kier alpha value is -2.36. The first-order valence-electron chi connectivity index (χ1n) is 6.46. The van der Waals surface area contributed by atoms with Crippen LogP contribution in [-0.4, -0.2) is 17.3 Å². The van der Waals surface area contributed by atoms with Crippen molar-refractivity contribution in [1.29, 1.82) is 0 Å². The lowest BCUT2D eigenvalue weighted by Gasteiger charge is -2.17. The van der Waals surface area contributed by atoms with Crippen LogP contribution in [0.4, 0.5) is 0 Å². The molecule has 4 nitrogen and oxygen atoms in total. The normalized spacial score (nSPS) is 20.3. The number of ether oxygens (including phenoxy) is 2. The van der Waals surface area contributed by atoms with Crippen LogP contribution in [0.2, 0.25) is 0 Å². The van der Waals surface area contributed by atoms with Gasteiger partial charge in [-0.1, -0.05) is 13.0 Å². The molecule has 2 N–H and O–H groups in total. The van der Waals surface area contributed by atoms with Crippen LogP contribution in [0.5, 0.6) is 23.0 Å². The molecule has 0 radical (unpaired) electrons. The zero-order valence-corrected chi connectivity index (χ0v) is 11.3. The molecule has 1 heterocycles. The van der Waals surface area contributed by atoms with Crippen molar-refractivity contribution in [2.75, 3.05) is 7.11 Å². The van der Waals surface area contributed by atoms with Gasteiger partial charge in [-0.2, -0.15) is 0 Å². The fourth-order valence-corrected chi connectivity index (χ4v) is 2.63. The van der Waals surface area contributed by atoms with Crippen LogP contribution < -0.4 is 9.47 Å². The molecule has 0 spiro atoms. The summed E-state index contributed by atoms with van der Waals surface area (Å²) in [6.45, 7) is 2.05. The Morgan fingerprint density at radius 2 is 1.90 bits per heavy atom. The van der Waals surface area contributed by atoms with Crippen LogP contribution in [0, 0.1) is 0 Å². The van der Waals surface area contributed by atoms with Crippen molar-refractivity contribution in [2.24, 2.45) is 0 Å². The summed E-state index contributed by atoms with van der Waals surface area (Å²) in [7, 11) is 1.52. The van der Waals surface area contributed by atoms with Crippen LogP contribution in [0.3, 0.4) is 0 Å². The van der Waals surface area contributed by atoms with E-state index in [1.807, 2.05) is 6.07 Å². The third kappa shape index (κ3) is 1.93. The SMILES string of the molecule is COc1cc([C@H]2Oc3ccc(O)cc3[C@@H]2C)ccc1O. The maximum Gasteiger partial charge on any atom is 0.160 e. The summed E-state index contributed by atoms with van der Waals surface area (Å²) in [5, 5.41) is 19.2. The van der Waals surface area contributed by atoms with Gasteiger partial charge in [0.1, 0.15) is 17.6 Å². The molecule has 0 bridgehead atoms. The molecule has 0 aromatic heterocycles. The van der Waals surface area contributed by atoms with E-state index < -0.39 is 0 Å². The molecule has 1 aliphatic heterocycles. The summed E-state index contributed by atoms with van der Waals surface area (Å²) in [4.78, 5) is 0. The summed E-state index contributed by atoms with van der Waals surface area (Å²) in [5.41, 5.74) is 1.92. The van der Waals surface area contributed by atoms with E-state index >= 15 is 0 Å². The molecule has 4 heteroatoms. The molecule has 2 aromatic rings. The Bertz CT molecular complexity index is 651. The van der Waals surface area contributed by atoms with Crippen LogP contribution >= 0.6 is 0 Å². The Balaban J connectivity index is 1.97. The molecule has 3 rings (SSSR count). The molecule has 1 aliphatic rings. The highest BCUT2D eigenvalue weighted by Crippen LogP contribution is 2.47. The van der Waals surface area contributed by atoms with Gasteiger partial charge in [0, 0.05) is 11.5 Å². The van der Waals surface area contributed by atoms with Gasteiger partial charge >= 0.3 is 0 Å². The summed E-state index contributed by atoms with van der Waals surface area (Å²) in [5.74, 6) is 1.68. The second kappa shape index (κ2) is 4.63. The second-order valence-electron chi connectivity index (χ2n) is 4.98. The number of hydrogen-bond acceptors (Lipinski definition) is 4. The maximum absolute atomic E-state index is 9.65. The van der Waals surface area contributed by atoms with Crippen molar-refractivity contribution >= 4 is 0 Å². The molecule has 0 saturated carbocycles. The number of aromatic hydroxyl groups is 2. The highest BCUT2D eigenvalue weighted by Gasteiger charge is 2.32. The number of methoxy groups -OCH3 is 1. The van der Waals surface area contributed by atoms with Crippen LogP contribution in [0.15, 0.2) is 36.4 Å². The predicted octanol–water partition coefficient (Wildman–Crippen LogP) is 3.34. The average Bonchev–Trinajstić information content (AvgIpc) is 2.77. The molecular formula is C16H16O4. The summed E-state index contributed by atoms with van der Waals surface area (Å²) in [6, 6.07) is 10.3. The Morgan fingerprint density at radius 1 is 1.10 bits per heavy atom. The minimum atomic E-state index is -0.152. The van der Waals surface area contributed by atoms with Gasteiger partial charge in [0.2, 0.25) is 0 Å². The first kappa shape index (κ1) is 12.7. The van der Waals surface area contributed by atoms with Crippen molar-refractivity contribution < 1.29 is 19.7 Å². The van der Waals surface area contributed by atoms with E-state index in [1.54, 1.807) is 30.3 Å². The average molecular weight is 272 g/mol. The van der Waals surface area contributed by atoms with E-state index in [9.17, 15) is 10.2 Å². The van der Waals surface area contributed by atoms with Crippen molar-refractivity contribution in [3.05, 3.63) is 47.5 Å². The number of fused-ring (bicyclic) bond motifs is 1. The van der Waals surface area contributed by atoms with E-state index in [4.69, 9.17) is 9.47 Å². The van der Waals surface area contributed by atoms with Gasteiger partial charge in [-0.3, -0.25) is 0 Å². The lowest BCUT2D eigenvalue weighted by molar-refractivity contribution is 0.215. The smallest absolute Gasteiger partial charge is 0.160 e. The highest BCUT2D eigenvalue weighted by atomic mass is 16.5. The summed E-state index contributed by atoms with van der Waals surface area (Å²) >= 11 is 0. The maximum atomic E-state index is 9.65. The summed E-state index contributed by atoms with van der Waals surface area (Å²) in [6.07, 6.45) is -0.152. The first-order chi connectivity index (χ1) is 9.60. The summed E-state index contributed by atoms with van der Waals surface area (Å²) < 4.78 is 11.1. The van der Waals surface area contributed by atoms with Crippen molar-refractivity contribution in [2.45, 2.75) is 18.9 Å². The third-order valence-electron chi connectivity index (χ3n) is 3.72.